The molecule has 0 radical (unpaired) electrons. The van der Waals surface area contributed by atoms with E-state index in [0.29, 0.717) is 0 Å². The van der Waals surface area contributed by atoms with Gasteiger partial charge in [-0.1, -0.05) is 0 Å². The fourth-order valence-electron chi connectivity index (χ4n) is 3.39. The summed E-state index contributed by atoms with van der Waals surface area (Å²) in [4.78, 5) is 4.12. The first-order valence-corrected chi connectivity index (χ1v) is 6.96. The molecule has 1 saturated heterocycles. The summed E-state index contributed by atoms with van der Waals surface area (Å²) >= 11 is 0. The largest absolute Gasteiger partial charge is 0.388 e. The molecular formula is C15H21N3O2. The van der Waals surface area contributed by atoms with Crippen LogP contribution in [0.5, 0.6) is 0 Å². The van der Waals surface area contributed by atoms with Gasteiger partial charge in [0.05, 0.1) is 35.2 Å². The fraction of sp³-hybridized carbons (Fsp3) is 0.600. The van der Waals surface area contributed by atoms with Crippen LogP contribution in [-0.2, 0) is 4.74 Å². The molecule has 0 aliphatic carbocycles. The van der Waals surface area contributed by atoms with Gasteiger partial charge in [-0.05, 0) is 34.1 Å². The van der Waals surface area contributed by atoms with Crippen molar-refractivity contribution < 1.29 is 9.84 Å². The zero-order valence-corrected chi connectivity index (χ0v) is 12.4. The molecule has 0 amide bonds. The summed E-state index contributed by atoms with van der Waals surface area (Å²) < 4.78 is 7.81. The van der Waals surface area contributed by atoms with E-state index in [2.05, 4.69) is 23.9 Å². The molecule has 20 heavy (non-hydrogen) atoms. The van der Waals surface area contributed by atoms with E-state index >= 15 is 0 Å². The fourth-order valence-corrected chi connectivity index (χ4v) is 3.39. The molecule has 2 atom stereocenters. The molecule has 1 aliphatic heterocycles. The lowest BCUT2D eigenvalue weighted by Crippen LogP contribution is -2.32. The molecule has 1 aliphatic rings. The quantitative estimate of drug-likeness (QED) is 0.914. The van der Waals surface area contributed by atoms with Gasteiger partial charge in [0.2, 0.25) is 0 Å². The maximum atomic E-state index is 10.8. The number of fused-ring (bicyclic) bond motifs is 1. The van der Waals surface area contributed by atoms with Crippen LogP contribution in [0.2, 0.25) is 0 Å². The maximum Gasteiger partial charge on any atom is 0.0903 e. The molecule has 2 unspecified atom stereocenters. The molecule has 1 fully saturated rings. The van der Waals surface area contributed by atoms with Crippen molar-refractivity contribution in [2.45, 2.75) is 51.4 Å². The second-order valence-corrected chi connectivity index (χ2v) is 6.73. The van der Waals surface area contributed by atoms with Crippen molar-refractivity contribution in [2.24, 2.45) is 5.92 Å². The van der Waals surface area contributed by atoms with Gasteiger partial charge in [0, 0.05) is 23.9 Å². The molecule has 3 heterocycles. The summed E-state index contributed by atoms with van der Waals surface area (Å²) in [6, 6.07) is 0. The first-order valence-electron chi connectivity index (χ1n) is 6.96. The Kier molecular flexibility index (Phi) is 2.88. The van der Waals surface area contributed by atoms with Gasteiger partial charge in [0.15, 0.2) is 0 Å². The molecule has 0 aromatic carbocycles. The van der Waals surface area contributed by atoms with Crippen LogP contribution in [0.3, 0.4) is 0 Å². The third-order valence-corrected chi connectivity index (χ3v) is 4.20. The van der Waals surface area contributed by atoms with E-state index < -0.39 is 6.10 Å². The highest BCUT2D eigenvalue weighted by atomic mass is 16.5. The summed E-state index contributed by atoms with van der Waals surface area (Å²) in [5.41, 5.74) is 1.09. The topological polar surface area (TPSA) is 59.7 Å². The molecule has 2 aromatic rings. The first-order chi connectivity index (χ1) is 9.30. The van der Waals surface area contributed by atoms with E-state index in [9.17, 15) is 5.11 Å². The Morgan fingerprint density at radius 1 is 1.35 bits per heavy atom. The van der Waals surface area contributed by atoms with Gasteiger partial charge in [0.25, 0.3) is 0 Å². The molecule has 5 heteroatoms. The molecule has 3 rings (SSSR count). The van der Waals surface area contributed by atoms with E-state index in [1.54, 1.807) is 29.3 Å². The summed E-state index contributed by atoms with van der Waals surface area (Å²) in [5.74, 6) is 0.0331. The van der Waals surface area contributed by atoms with Gasteiger partial charge >= 0.3 is 0 Å². The van der Waals surface area contributed by atoms with Gasteiger partial charge in [-0.2, -0.15) is 5.10 Å². The first kappa shape index (κ1) is 13.5. The van der Waals surface area contributed by atoms with E-state index in [0.717, 1.165) is 17.5 Å². The minimum Gasteiger partial charge on any atom is -0.388 e. The molecule has 0 spiro atoms. The zero-order chi connectivity index (χ0) is 14.5. The van der Waals surface area contributed by atoms with Gasteiger partial charge < -0.3 is 9.84 Å². The van der Waals surface area contributed by atoms with Crippen molar-refractivity contribution in [3.8, 4) is 0 Å². The van der Waals surface area contributed by atoms with E-state index in [-0.39, 0.29) is 17.1 Å². The van der Waals surface area contributed by atoms with Crippen molar-refractivity contribution in [1.82, 2.24) is 14.6 Å². The number of aliphatic hydroxyl groups excluding tert-OH is 1. The van der Waals surface area contributed by atoms with Crippen LogP contribution in [0.15, 0.2) is 24.8 Å². The third kappa shape index (κ3) is 2.11. The number of hydrogen-bond acceptors (Lipinski definition) is 4. The molecular weight excluding hydrogens is 254 g/mol. The summed E-state index contributed by atoms with van der Waals surface area (Å²) in [7, 11) is 0. The lowest BCUT2D eigenvalue weighted by Gasteiger charge is -2.30. The van der Waals surface area contributed by atoms with E-state index in [1.807, 2.05) is 13.8 Å². The van der Waals surface area contributed by atoms with E-state index in [1.165, 1.54) is 0 Å². The SMILES string of the molecule is CC1(C)CC(C(O)c2cnn3ccncc23)C(C)(C)O1. The van der Waals surface area contributed by atoms with Crippen molar-refractivity contribution in [1.29, 1.82) is 0 Å². The average Bonchev–Trinajstić information content (AvgIpc) is 2.86. The van der Waals surface area contributed by atoms with Crippen LogP contribution < -0.4 is 0 Å². The Hall–Kier alpha value is -1.46. The van der Waals surface area contributed by atoms with Gasteiger partial charge in [0.1, 0.15) is 0 Å². The predicted octanol–water partition coefficient (Wildman–Crippen LogP) is 2.36. The number of aromatic nitrogens is 3. The number of hydrogen-bond donors (Lipinski definition) is 1. The molecule has 108 valence electrons. The minimum absolute atomic E-state index is 0.0331. The van der Waals surface area contributed by atoms with Crippen LogP contribution in [0.4, 0.5) is 0 Å². The van der Waals surface area contributed by atoms with Crippen molar-refractivity contribution in [2.75, 3.05) is 0 Å². The Morgan fingerprint density at radius 3 is 2.75 bits per heavy atom. The Balaban J connectivity index is 1.98. The lowest BCUT2D eigenvalue weighted by atomic mass is 9.81. The van der Waals surface area contributed by atoms with E-state index in [4.69, 9.17) is 4.74 Å². The minimum atomic E-state index is -0.603. The molecule has 0 bridgehead atoms. The second-order valence-electron chi connectivity index (χ2n) is 6.73. The van der Waals surface area contributed by atoms with Crippen molar-refractivity contribution in [3.63, 3.8) is 0 Å². The standard InChI is InChI=1S/C15H21N3O2/c1-14(2)7-11(15(3,4)20-14)13(19)10-8-17-18-6-5-16-9-12(10)18/h5-6,8-9,11,13,19H,7H2,1-4H3. The highest BCUT2D eigenvalue weighted by Crippen LogP contribution is 2.48. The van der Waals surface area contributed by atoms with Crippen LogP contribution >= 0.6 is 0 Å². The summed E-state index contributed by atoms with van der Waals surface area (Å²) in [5, 5.41) is 15.1. The van der Waals surface area contributed by atoms with Crippen molar-refractivity contribution in [3.05, 3.63) is 30.4 Å². The highest BCUT2D eigenvalue weighted by Gasteiger charge is 2.49. The Bertz CT molecular complexity index is 633. The maximum absolute atomic E-state index is 10.8. The number of rotatable bonds is 2. The Morgan fingerprint density at radius 2 is 2.10 bits per heavy atom. The molecule has 0 saturated carbocycles. The second kappa shape index (κ2) is 4.27. The van der Waals surface area contributed by atoms with Crippen LogP contribution in [-0.4, -0.2) is 30.9 Å². The van der Waals surface area contributed by atoms with Crippen LogP contribution in [0.25, 0.3) is 5.52 Å². The van der Waals surface area contributed by atoms with Crippen molar-refractivity contribution >= 4 is 5.52 Å². The normalized spacial score (nSPS) is 25.9. The molecule has 2 aromatic heterocycles. The van der Waals surface area contributed by atoms with Crippen LogP contribution in [0, 0.1) is 5.92 Å². The highest BCUT2D eigenvalue weighted by molar-refractivity contribution is 5.53. The van der Waals surface area contributed by atoms with Crippen LogP contribution in [0.1, 0.15) is 45.8 Å². The zero-order valence-electron chi connectivity index (χ0n) is 12.4. The van der Waals surface area contributed by atoms with Gasteiger partial charge in [-0.15, -0.1) is 0 Å². The third-order valence-electron chi connectivity index (χ3n) is 4.20. The summed E-state index contributed by atoms with van der Waals surface area (Å²) in [6.45, 7) is 8.22. The lowest BCUT2D eigenvalue weighted by molar-refractivity contribution is -0.0879. The average molecular weight is 275 g/mol. The summed E-state index contributed by atoms with van der Waals surface area (Å²) in [6.07, 6.45) is 7.14. The van der Waals surface area contributed by atoms with Gasteiger partial charge in [-0.3, -0.25) is 4.98 Å². The number of aliphatic hydroxyl groups is 1. The number of ether oxygens (including phenoxy) is 1. The molecule has 1 N–H and O–H groups in total. The number of nitrogens with zero attached hydrogens (tertiary/aromatic N) is 3. The Labute approximate surface area is 118 Å². The van der Waals surface area contributed by atoms with Gasteiger partial charge in [-0.25, -0.2) is 4.52 Å². The molecule has 5 nitrogen and oxygen atoms in total. The predicted molar refractivity (Wildman–Crippen MR) is 75.3 cm³/mol. The smallest absolute Gasteiger partial charge is 0.0903 e. The monoisotopic (exact) mass is 275 g/mol.